The predicted octanol–water partition coefficient (Wildman–Crippen LogP) is 0.830. The fourth-order valence-corrected chi connectivity index (χ4v) is 2.64. The Hall–Kier alpha value is -3.62. The zero-order valence-electron chi connectivity index (χ0n) is 12.4. The molecular formula is C16H12O9. The van der Waals surface area contributed by atoms with Gasteiger partial charge in [-0.15, -0.1) is 0 Å². The molecule has 0 aliphatic heterocycles. The van der Waals surface area contributed by atoms with Gasteiger partial charge in [0.05, 0.1) is 0 Å². The van der Waals surface area contributed by atoms with Crippen molar-refractivity contribution in [3.63, 3.8) is 0 Å². The van der Waals surface area contributed by atoms with E-state index in [-0.39, 0.29) is 5.75 Å². The summed E-state index contributed by atoms with van der Waals surface area (Å²) in [6.45, 7) is 0. The van der Waals surface area contributed by atoms with Crippen LogP contribution in [0, 0.1) is 10.8 Å². The Morgan fingerprint density at radius 3 is 1.76 bits per heavy atom. The van der Waals surface area contributed by atoms with Crippen LogP contribution in [0.15, 0.2) is 54.3 Å². The van der Waals surface area contributed by atoms with E-state index in [4.69, 9.17) is 4.74 Å². The van der Waals surface area contributed by atoms with Gasteiger partial charge < -0.3 is 25.2 Å². The number of carboxylic acids is 4. The van der Waals surface area contributed by atoms with Crippen LogP contribution in [0.5, 0.6) is 5.75 Å². The smallest absolute Gasteiger partial charge is 0.331 e. The van der Waals surface area contributed by atoms with Gasteiger partial charge in [-0.2, -0.15) is 0 Å². The molecule has 2 rings (SSSR count). The first-order valence-corrected chi connectivity index (χ1v) is 6.77. The summed E-state index contributed by atoms with van der Waals surface area (Å²) in [4.78, 5) is 47.2. The van der Waals surface area contributed by atoms with Crippen LogP contribution >= 0.6 is 0 Å². The number of hydrogen-bond acceptors (Lipinski definition) is 5. The van der Waals surface area contributed by atoms with Gasteiger partial charge in [-0.05, 0) is 18.2 Å². The molecule has 0 radical (unpaired) electrons. The minimum absolute atomic E-state index is 0.0144. The van der Waals surface area contributed by atoms with Gasteiger partial charge in [-0.25, -0.2) is 0 Å². The Bertz CT molecular complexity index is 776. The average molecular weight is 348 g/mol. The molecular weight excluding hydrogens is 336 g/mol. The van der Waals surface area contributed by atoms with Crippen LogP contribution in [0.25, 0.3) is 0 Å². The van der Waals surface area contributed by atoms with Crippen molar-refractivity contribution in [3.8, 4) is 5.75 Å². The SMILES string of the molecule is O=C(O)C1(C(=O)O)C=CC=C(Oc2ccccc2)C1(C(=O)O)C(=O)O. The Morgan fingerprint density at radius 1 is 0.800 bits per heavy atom. The molecule has 0 amide bonds. The van der Waals surface area contributed by atoms with Gasteiger partial charge in [0.2, 0.25) is 5.41 Å². The van der Waals surface area contributed by atoms with Gasteiger partial charge >= 0.3 is 23.9 Å². The summed E-state index contributed by atoms with van der Waals surface area (Å²) in [6.07, 6.45) is 2.36. The number of benzene rings is 1. The fraction of sp³-hybridized carbons (Fsp3) is 0.125. The maximum atomic E-state index is 11.9. The molecule has 25 heavy (non-hydrogen) atoms. The fourth-order valence-electron chi connectivity index (χ4n) is 2.64. The minimum Gasteiger partial charge on any atom is -0.480 e. The zero-order chi connectivity index (χ0) is 18.8. The number of ether oxygens (including phenoxy) is 1. The van der Waals surface area contributed by atoms with Crippen LogP contribution in [0.1, 0.15) is 0 Å². The molecule has 0 aromatic heterocycles. The highest BCUT2D eigenvalue weighted by atomic mass is 16.5. The molecule has 4 N–H and O–H groups in total. The van der Waals surface area contributed by atoms with Crippen LogP contribution in [0.2, 0.25) is 0 Å². The lowest BCUT2D eigenvalue weighted by Crippen LogP contribution is -2.62. The summed E-state index contributed by atoms with van der Waals surface area (Å²) in [6, 6.07) is 7.38. The molecule has 0 saturated carbocycles. The topological polar surface area (TPSA) is 158 Å². The second kappa shape index (κ2) is 6.11. The summed E-state index contributed by atoms with van der Waals surface area (Å²) < 4.78 is 5.27. The van der Waals surface area contributed by atoms with E-state index in [2.05, 4.69) is 0 Å². The molecule has 0 atom stereocenters. The first kappa shape index (κ1) is 17.7. The van der Waals surface area contributed by atoms with Crippen molar-refractivity contribution in [2.24, 2.45) is 10.8 Å². The Balaban J connectivity index is 2.78. The quantitative estimate of drug-likeness (QED) is 0.546. The molecule has 0 spiro atoms. The summed E-state index contributed by atoms with van der Waals surface area (Å²) in [5.41, 5.74) is -6.71. The van der Waals surface area contributed by atoms with Crippen LogP contribution in [0.3, 0.4) is 0 Å². The lowest BCUT2D eigenvalue weighted by Gasteiger charge is -2.39. The molecule has 1 aromatic rings. The second-order valence-electron chi connectivity index (χ2n) is 5.08. The van der Waals surface area contributed by atoms with E-state index in [9.17, 15) is 39.6 Å². The van der Waals surface area contributed by atoms with Gasteiger partial charge in [0.1, 0.15) is 11.5 Å². The molecule has 9 heteroatoms. The van der Waals surface area contributed by atoms with Crippen LogP contribution < -0.4 is 4.74 Å². The van der Waals surface area contributed by atoms with Gasteiger partial charge in [0.15, 0.2) is 0 Å². The largest absolute Gasteiger partial charge is 0.480 e. The Kier molecular flexibility index (Phi) is 4.34. The number of allylic oxidation sites excluding steroid dienone is 2. The van der Waals surface area contributed by atoms with E-state index in [0.29, 0.717) is 6.08 Å². The maximum Gasteiger partial charge on any atom is 0.331 e. The molecule has 0 saturated heterocycles. The monoisotopic (exact) mass is 348 g/mol. The van der Waals surface area contributed by atoms with E-state index in [1.807, 2.05) is 0 Å². The average Bonchev–Trinajstić information content (AvgIpc) is 2.54. The summed E-state index contributed by atoms with van der Waals surface area (Å²) >= 11 is 0. The number of hydrogen-bond donors (Lipinski definition) is 4. The molecule has 0 fully saturated rings. The van der Waals surface area contributed by atoms with Gasteiger partial charge in [0.25, 0.3) is 5.41 Å². The first-order chi connectivity index (χ1) is 11.7. The van der Waals surface area contributed by atoms with Crippen molar-refractivity contribution in [1.82, 2.24) is 0 Å². The summed E-state index contributed by atoms with van der Waals surface area (Å²) in [7, 11) is 0. The molecule has 0 unspecified atom stereocenters. The standard InChI is InChI=1S/C16H12O9/c17-11(18)15(12(19)20)8-4-7-10(16(15,13(21)22)14(23)24)25-9-5-2-1-3-6-9/h1-8H,(H,17,18)(H,19,20)(H,21,22)(H,23,24). The van der Waals surface area contributed by atoms with Crippen LogP contribution in [-0.4, -0.2) is 44.3 Å². The van der Waals surface area contributed by atoms with E-state index in [1.54, 1.807) is 6.07 Å². The lowest BCUT2D eigenvalue weighted by molar-refractivity contribution is -0.189. The third kappa shape index (κ3) is 2.33. The summed E-state index contributed by atoms with van der Waals surface area (Å²) in [5.74, 6) is -9.49. The number of carbonyl (C=O) groups is 4. The van der Waals surface area contributed by atoms with Crippen molar-refractivity contribution < 1.29 is 44.3 Å². The minimum atomic E-state index is -3.41. The third-order valence-electron chi connectivity index (χ3n) is 3.84. The molecule has 1 aromatic carbocycles. The Morgan fingerprint density at radius 2 is 1.32 bits per heavy atom. The number of rotatable bonds is 6. The number of aliphatic carboxylic acids is 4. The van der Waals surface area contributed by atoms with Crippen molar-refractivity contribution in [2.75, 3.05) is 0 Å². The maximum absolute atomic E-state index is 11.9. The predicted molar refractivity (Wildman–Crippen MR) is 79.7 cm³/mol. The highest BCUT2D eigenvalue weighted by molar-refractivity contribution is 6.16. The van der Waals surface area contributed by atoms with Crippen molar-refractivity contribution >= 4 is 23.9 Å². The number of para-hydroxylation sites is 1. The normalized spacial score (nSPS) is 17.2. The third-order valence-corrected chi connectivity index (χ3v) is 3.84. The Labute approximate surface area is 140 Å². The van der Waals surface area contributed by atoms with Crippen molar-refractivity contribution in [3.05, 3.63) is 54.3 Å². The summed E-state index contributed by atoms with van der Waals surface area (Å²) in [5, 5.41) is 38.0. The molecule has 0 heterocycles. The van der Waals surface area contributed by atoms with E-state index < -0.39 is 40.5 Å². The van der Waals surface area contributed by atoms with Gasteiger partial charge in [-0.1, -0.05) is 30.4 Å². The van der Waals surface area contributed by atoms with E-state index in [0.717, 1.165) is 12.2 Å². The molecule has 9 nitrogen and oxygen atoms in total. The van der Waals surface area contributed by atoms with Crippen LogP contribution in [-0.2, 0) is 19.2 Å². The molecule has 1 aliphatic carbocycles. The van der Waals surface area contributed by atoms with Crippen LogP contribution in [0.4, 0.5) is 0 Å². The number of carboxylic acid groups (broad SMARTS) is 4. The zero-order valence-corrected chi connectivity index (χ0v) is 12.4. The van der Waals surface area contributed by atoms with Gasteiger partial charge in [-0.3, -0.25) is 19.2 Å². The van der Waals surface area contributed by atoms with Crippen molar-refractivity contribution in [1.29, 1.82) is 0 Å². The molecule has 130 valence electrons. The van der Waals surface area contributed by atoms with Gasteiger partial charge in [0, 0.05) is 0 Å². The first-order valence-electron chi connectivity index (χ1n) is 6.77. The highest BCUT2D eigenvalue weighted by Gasteiger charge is 2.74. The molecule has 1 aliphatic rings. The van der Waals surface area contributed by atoms with E-state index >= 15 is 0 Å². The van der Waals surface area contributed by atoms with E-state index in [1.165, 1.54) is 24.3 Å². The highest BCUT2D eigenvalue weighted by Crippen LogP contribution is 2.50. The van der Waals surface area contributed by atoms with Crippen molar-refractivity contribution in [2.45, 2.75) is 0 Å². The molecule has 0 bridgehead atoms. The second-order valence-corrected chi connectivity index (χ2v) is 5.08. The lowest BCUT2D eigenvalue weighted by atomic mass is 9.59.